The zero-order valence-corrected chi connectivity index (χ0v) is 12.0. The fourth-order valence-corrected chi connectivity index (χ4v) is 3.00. The van der Waals surface area contributed by atoms with Crippen molar-refractivity contribution >= 4 is 64.3 Å². The Morgan fingerprint density at radius 2 is 1.87 bits per heavy atom. The number of hydrogen-bond acceptors (Lipinski definition) is 3. The van der Waals surface area contributed by atoms with Gasteiger partial charge in [-0.25, -0.2) is 0 Å². The molecule has 0 N–H and O–H groups in total. The van der Waals surface area contributed by atoms with Crippen molar-refractivity contribution in [2.24, 2.45) is 0 Å². The number of nitrogens with zero attached hydrogens (tertiary/aromatic N) is 2. The van der Waals surface area contributed by atoms with Crippen LogP contribution in [0.5, 0.6) is 0 Å². The van der Waals surface area contributed by atoms with Crippen LogP contribution in [-0.2, 0) is 4.79 Å². The van der Waals surface area contributed by atoms with E-state index in [2.05, 4.69) is 0 Å². The summed E-state index contributed by atoms with van der Waals surface area (Å²) >= 11 is 24.2. The highest BCUT2D eigenvalue weighted by atomic mass is 35.5. The van der Waals surface area contributed by atoms with E-state index in [4.69, 9.17) is 46.4 Å². The third-order valence-electron chi connectivity index (χ3n) is 1.84. The van der Waals surface area contributed by atoms with Gasteiger partial charge in [0.05, 0.1) is 0 Å². The average Bonchev–Trinajstić information content (AvgIpc) is 2.23. The highest BCUT2D eigenvalue weighted by Crippen LogP contribution is 2.58. The van der Waals surface area contributed by atoms with Gasteiger partial charge in [-0.05, 0) is 26.0 Å². The summed E-state index contributed by atoms with van der Waals surface area (Å²) in [5, 5.41) is 0. The molecule has 0 aliphatic carbocycles. The van der Waals surface area contributed by atoms with Gasteiger partial charge in [-0.2, -0.15) is 0 Å². The molecule has 0 aromatic carbocycles. The molecule has 0 unspecified atom stereocenters. The van der Waals surface area contributed by atoms with Crippen molar-refractivity contribution in [1.82, 2.24) is 9.21 Å². The summed E-state index contributed by atoms with van der Waals surface area (Å²) in [6.45, 7) is 1.16. The van der Waals surface area contributed by atoms with Crippen LogP contribution in [0.1, 0.15) is 0 Å². The Hall–Kier alpha value is 0.940. The number of likely N-dealkylation sites (N-methyl/N-ethyl adjacent to an activating group) is 1. The minimum atomic E-state index is -1.78. The second-order valence-corrected chi connectivity index (χ2v) is 7.73. The summed E-state index contributed by atoms with van der Waals surface area (Å²) in [6, 6.07) is 0. The third kappa shape index (κ3) is 2.79. The van der Waals surface area contributed by atoms with E-state index in [-0.39, 0.29) is 0 Å². The average molecular weight is 312 g/mol. The van der Waals surface area contributed by atoms with Crippen LogP contribution in [0.2, 0.25) is 0 Å². The monoisotopic (exact) mass is 310 g/mol. The van der Waals surface area contributed by atoms with Gasteiger partial charge >= 0.3 is 0 Å². The van der Waals surface area contributed by atoms with Gasteiger partial charge in [-0.1, -0.05) is 46.4 Å². The molecule has 0 aromatic heterocycles. The quantitative estimate of drug-likeness (QED) is 0.590. The van der Waals surface area contributed by atoms with E-state index in [0.29, 0.717) is 13.1 Å². The Morgan fingerprint density at radius 1 is 1.33 bits per heavy atom. The zero-order valence-electron chi connectivity index (χ0n) is 8.14. The van der Waals surface area contributed by atoms with Crippen LogP contribution in [0.15, 0.2) is 0 Å². The molecule has 0 bridgehead atoms. The predicted molar refractivity (Wildman–Crippen MR) is 66.7 cm³/mol. The molecule has 0 spiro atoms. The van der Waals surface area contributed by atoms with E-state index in [1.807, 2.05) is 19.0 Å². The lowest BCUT2D eigenvalue weighted by atomic mass is 10.4. The van der Waals surface area contributed by atoms with Crippen LogP contribution in [0.25, 0.3) is 0 Å². The summed E-state index contributed by atoms with van der Waals surface area (Å²) in [6.07, 6.45) is 0. The van der Waals surface area contributed by atoms with Crippen LogP contribution < -0.4 is 0 Å². The lowest BCUT2D eigenvalue weighted by Gasteiger charge is -2.18. The standard InChI is InChI=1S/C7H10Cl4N2OS/c1-12(2)3-4-13-5(14)6(8,9)7(10,11)15-13/h3-4H2,1-2H3. The van der Waals surface area contributed by atoms with Crippen LogP contribution in [-0.4, -0.2) is 50.3 Å². The number of alkyl halides is 4. The molecular weight excluding hydrogens is 302 g/mol. The van der Waals surface area contributed by atoms with Crippen molar-refractivity contribution in [3.63, 3.8) is 0 Å². The molecule has 88 valence electrons. The first kappa shape index (κ1) is 14.0. The van der Waals surface area contributed by atoms with E-state index in [9.17, 15) is 4.79 Å². The highest BCUT2D eigenvalue weighted by Gasteiger charge is 2.62. The van der Waals surface area contributed by atoms with E-state index in [0.717, 1.165) is 11.9 Å². The van der Waals surface area contributed by atoms with Crippen molar-refractivity contribution in [3.8, 4) is 0 Å². The van der Waals surface area contributed by atoms with E-state index in [1.165, 1.54) is 4.31 Å². The molecule has 1 saturated heterocycles. The number of rotatable bonds is 3. The molecule has 1 fully saturated rings. The third-order valence-corrected chi connectivity index (χ3v) is 5.42. The van der Waals surface area contributed by atoms with Gasteiger partial charge in [0.1, 0.15) is 0 Å². The number of carbonyl (C=O) groups excluding carboxylic acids is 1. The Labute approximate surface area is 113 Å². The molecule has 1 rings (SSSR count). The van der Waals surface area contributed by atoms with Crippen molar-refractivity contribution in [3.05, 3.63) is 0 Å². The number of halogens is 4. The summed E-state index contributed by atoms with van der Waals surface area (Å²) in [5.74, 6) is -0.470. The molecule has 15 heavy (non-hydrogen) atoms. The molecule has 0 saturated carbocycles. The van der Waals surface area contributed by atoms with Crippen LogP contribution >= 0.6 is 58.4 Å². The van der Waals surface area contributed by atoms with E-state index in [1.54, 1.807) is 0 Å². The Morgan fingerprint density at radius 3 is 2.20 bits per heavy atom. The molecule has 8 heteroatoms. The molecule has 1 aliphatic rings. The molecule has 1 aliphatic heterocycles. The SMILES string of the molecule is CN(C)CCN1SC(Cl)(Cl)C(Cl)(Cl)C1=O. The van der Waals surface area contributed by atoms with Crippen molar-refractivity contribution < 1.29 is 4.79 Å². The normalized spacial score (nSPS) is 23.9. The summed E-state index contributed by atoms with van der Waals surface area (Å²) < 4.78 is -1.92. The maximum absolute atomic E-state index is 11.7. The van der Waals surface area contributed by atoms with Gasteiger partial charge in [0, 0.05) is 13.1 Å². The highest BCUT2D eigenvalue weighted by molar-refractivity contribution is 8.02. The first-order valence-electron chi connectivity index (χ1n) is 4.10. The minimum Gasteiger partial charge on any atom is -0.308 e. The van der Waals surface area contributed by atoms with Gasteiger partial charge in [0.15, 0.2) is 0 Å². The molecule has 3 nitrogen and oxygen atoms in total. The maximum Gasteiger partial charge on any atom is 0.273 e. The zero-order chi connectivity index (χ0) is 11.9. The summed E-state index contributed by atoms with van der Waals surface area (Å²) in [4.78, 5) is 13.6. The maximum atomic E-state index is 11.7. The number of hydrogen-bond donors (Lipinski definition) is 0. The van der Waals surface area contributed by atoms with Crippen LogP contribution in [0.3, 0.4) is 0 Å². The van der Waals surface area contributed by atoms with Gasteiger partial charge in [0.25, 0.3) is 5.91 Å². The van der Waals surface area contributed by atoms with Crippen molar-refractivity contribution in [2.75, 3.05) is 27.2 Å². The smallest absolute Gasteiger partial charge is 0.273 e. The molecule has 1 amide bonds. The lowest BCUT2D eigenvalue weighted by Crippen LogP contribution is -2.38. The summed E-state index contributed by atoms with van der Waals surface area (Å²) in [7, 11) is 3.79. The largest absolute Gasteiger partial charge is 0.308 e. The number of amides is 1. The fraction of sp³-hybridized carbons (Fsp3) is 0.857. The van der Waals surface area contributed by atoms with Crippen LogP contribution in [0.4, 0.5) is 0 Å². The second-order valence-electron chi connectivity index (χ2n) is 3.39. The first-order chi connectivity index (χ1) is 6.68. The number of carbonyl (C=O) groups is 1. The Kier molecular flexibility index (Phi) is 4.36. The first-order valence-corrected chi connectivity index (χ1v) is 6.38. The van der Waals surface area contributed by atoms with Crippen molar-refractivity contribution in [1.29, 1.82) is 0 Å². The van der Waals surface area contributed by atoms with Gasteiger partial charge in [0.2, 0.25) is 8.00 Å². The molecular formula is C7H10Cl4N2OS. The molecule has 0 aromatic rings. The van der Waals surface area contributed by atoms with E-state index >= 15 is 0 Å². The summed E-state index contributed by atoms with van der Waals surface area (Å²) in [5.41, 5.74) is 0. The topological polar surface area (TPSA) is 23.6 Å². The van der Waals surface area contributed by atoms with Crippen molar-refractivity contribution in [2.45, 2.75) is 8.00 Å². The molecule has 1 heterocycles. The Bertz CT molecular complexity index is 272. The van der Waals surface area contributed by atoms with Gasteiger partial charge < -0.3 is 4.90 Å². The van der Waals surface area contributed by atoms with Gasteiger partial charge in [-0.3, -0.25) is 9.10 Å². The minimum absolute atomic E-state index is 0.470. The van der Waals surface area contributed by atoms with Crippen LogP contribution in [0, 0.1) is 0 Å². The van der Waals surface area contributed by atoms with E-state index < -0.39 is 13.9 Å². The Balaban J connectivity index is 2.69. The molecule has 0 radical (unpaired) electrons. The predicted octanol–water partition coefficient (Wildman–Crippen LogP) is 2.34. The fourth-order valence-electron chi connectivity index (χ4n) is 0.956. The second kappa shape index (κ2) is 4.67. The van der Waals surface area contributed by atoms with Gasteiger partial charge in [-0.15, -0.1) is 0 Å². The molecule has 0 atom stereocenters. The lowest BCUT2D eigenvalue weighted by molar-refractivity contribution is -0.125.